The minimum Gasteiger partial charge on any atom is -0.324 e. The zero-order valence-electron chi connectivity index (χ0n) is 13.9. The molecule has 2 aromatic rings. The van der Waals surface area contributed by atoms with Crippen LogP contribution >= 0.6 is 20.7 Å². The molecule has 1 aliphatic heterocycles. The predicted octanol–water partition coefficient (Wildman–Crippen LogP) is 3.86. The third-order valence-corrected chi connectivity index (χ3v) is 5.45. The third kappa shape index (κ3) is 5.47. The molecule has 3 nitrogen and oxygen atoms in total. The molecule has 4 heteroatoms. The molecule has 0 spiro atoms. The Kier molecular flexibility index (Phi) is 6.71. The van der Waals surface area contributed by atoms with Crippen molar-refractivity contribution in [1.82, 2.24) is 10.6 Å². The van der Waals surface area contributed by atoms with E-state index in [2.05, 4.69) is 30.9 Å². The lowest BCUT2D eigenvalue weighted by Gasteiger charge is -2.19. The SMILES string of the molecule is O=C(NC1=CC=IC=C1)[C@@H](NCCc1ccccc1)c1ccccc1. The van der Waals surface area contributed by atoms with E-state index in [1.54, 1.807) is 0 Å². The first-order valence-corrected chi connectivity index (χ1v) is 10.8. The number of halogens is 1. The Hall–Kier alpha value is -2.05. The van der Waals surface area contributed by atoms with Crippen molar-refractivity contribution in [2.24, 2.45) is 0 Å². The number of nitrogens with one attached hydrogen (secondary N) is 2. The third-order valence-electron chi connectivity index (χ3n) is 3.90. The standard InChI is InChI=1S/C21H21IN2O/c25-21(24-19-11-14-22-15-12-19)20(18-9-5-2-6-10-18)23-16-13-17-7-3-1-4-8-17/h1-12,14-15,20,23H,13,16H2,(H,24,25)/t20-/m0/s1. The van der Waals surface area contributed by atoms with Gasteiger partial charge in [0.2, 0.25) is 5.91 Å². The van der Waals surface area contributed by atoms with Gasteiger partial charge in [-0.2, -0.15) is 0 Å². The van der Waals surface area contributed by atoms with Gasteiger partial charge in [-0.15, -0.1) is 0 Å². The summed E-state index contributed by atoms with van der Waals surface area (Å²) in [6.45, 7) is 0.740. The summed E-state index contributed by atoms with van der Waals surface area (Å²) in [6.07, 6.45) is 4.88. The zero-order valence-corrected chi connectivity index (χ0v) is 16.0. The second-order valence-electron chi connectivity index (χ2n) is 5.69. The number of rotatable bonds is 7. The van der Waals surface area contributed by atoms with Gasteiger partial charge in [-0.25, -0.2) is 0 Å². The van der Waals surface area contributed by atoms with Crippen LogP contribution in [0.1, 0.15) is 17.2 Å². The summed E-state index contributed by atoms with van der Waals surface area (Å²) in [7, 11) is 0. The molecule has 128 valence electrons. The highest BCUT2D eigenvalue weighted by atomic mass is 127. The fraction of sp³-hybridized carbons (Fsp3) is 0.143. The molecule has 1 amide bonds. The average molecular weight is 444 g/mol. The van der Waals surface area contributed by atoms with E-state index >= 15 is 0 Å². The van der Waals surface area contributed by atoms with E-state index in [0.717, 1.165) is 24.2 Å². The highest BCUT2D eigenvalue weighted by Crippen LogP contribution is 2.15. The van der Waals surface area contributed by atoms with Crippen molar-refractivity contribution >= 4 is 30.6 Å². The number of hydrogen-bond acceptors (Lipinski definition) is 2. The van der Waals surface area contributed by atoms with Crippen LogP contribution in [0.3, 0.4) is 0 Å². The number of carbonyl (C=O) groups is 1. The predicted molar refractivity (Wildman–Crippen MR) is 113 cm³/mol. The van der Waals surface area contributed by atoms with E-state index in [-0.39, 0.29) is 32.7 Å². The summed E-state index contributed by atoms with van der Waals surface area (Å²) in [4.78, 5) is 12.8. The van der Waals surface area contributed by atoms with Crippen molar-refractivity contribution in [3.63, 3.8) is 0 Å². The molecular weight excluding hydrogens is 423 g/mol. The fourth-order valence-electron chi connectivity index (χ4n) is 2.62. The van der Waals surface area contributed by atoms with Crippen molar-refractivity contribution in [3.05, 3.63) is 93.7 Å². The highest BCUT2D eigenvalue weighted by molar-refractivity contribution is 14.2. The monoisotopic (exact) mass is 444 g/mol. The summed E-state index contributed by atoms with van der Waals surface area (Å²) in [6, 6.07) is 19.8. The second kappa shape index (κ2) is 9.44. The van der Waals surface area contributed by atoms with Gasteiger partial charge in [-0.1, -0.05) is 81.4 Å². The highest BCUT2D eigenvalue weighted by Gasteiger charge is 2.20. The normalized spacial score (nSPS) is 14.3. The smallest absolute Gasteiger partial charge is 0.246 e. The quantitative estimate of drug-likeness (QED) is 0.637. The molecule has 0 radical (unpaired) electrons. The lowest BCUT2D eigenvalue weighted by molar-refractivity contribution is -0.122. The van der Waals surface area contributed by atoms with Gasteiger partial charge in [-0.3, -0.25) is 4.79 Å². The van der Waals surface area contributed by atoms with Crippen molar-refractivity contribution in [2.75, 3.05) is 6.54 Å². The van der Waals surface area contributed by atoms with E-state index in [9.17, 15) is 4.79 Å². The van der Waals surface area contributed by atoms with Gasteiger partial charge in [0, 0.05) is 12.2 Å². The molecule has 0 bridgehead atoms. The molecule has 0 saturated carbocycles. The van der Waals surface area contributed by atoms with Crippen LogP contribution in [0.15, 0.2) is 82.6 Å². The molecule has 2 aromatic carbocycles. The van der Waals surface area contributed by atoms with Crippen LogP contribution in [0.5, 0.6) is 0 Å². The van der Waals surface area contributed by atoms with E-state index in [1.807, 2.05) is 60.7 Å². The van der Waals surface area contributed by atoms with Gasteiger partial charge in [0.25, 0.3) is 0 Å². The van der Waals surface area contributed by atoms with Crippen molar-refractivity contribution in [2.45, 2.75) is 12.5 Å². The Morgan fingerprint density at radius 2 is 1.72 bits per heavy atom. The van der Waals surface area contributed by atoms with Crippen LogP contribution in [0.4, 0.5) is 0 Å². The Balaban J connectivity index is 1.67. The van der Waals surface area contributed by atoms with Crippen molar-refractivity contribution in [1.29, 1.82) is 0 Å². The van der Waals surface area contributed by atoms with Crippen LogP contribution in [0.2, 0.25) is 0 Å². The second-order valence-corrected chi connectivity index (χ2v) is 7.85. The van der Waals surface area contributed by atoms with Crippen LogP contribution in [-0.2, 0) is 11.2 Å². The Labute approximate surface area is 158 Å². The average Bonchev–Trinajstić information content (AvgIpc) is 2.67. The van der Waals surface area contributed by atoms with Gasteiger partial charge in [-0.05, 0) is 37.8 Å². The van der Waals surface area contributed by atoms with E-state index in [0.29, 0.717) is 0 Å². The molecule has 25 heavy (non-hydrogen) atoms. The molecule has 0 saturated heterocycles. The van der Waals surface area contributed by atoms with E-state index in [1.165, 1.54) is 5.56 Å². The van der Waals surface area contributed by atoms with Crippen LogP contribution in [0.25, 0.3) is 0 Å². The molecule has 0 aromatic heterocycles. The number of amides is 1. The lowest BCUT2D eigenvalue weighted by atomic mass is 10.1. The molecule has 1 heterocycles. The number of allylic oxidation sites excluding steroid dienone is 2. The van der Waals surface area contributed by atoms with E-state index < -0.39 is 0 Å². The Morgan fingerprint density at radius 1 is 1.00 bits per heavy atom. The van der Waals surface area contributed by atoms with Crippen molar-refractivity contribution in [3.8, 4) is 0 Å². The van der Waals surface area contributed by atoms with Gasteiger partial charge in [0.15, 0.2) is 0 Å². The summed E-state index contributed by atoms with van der Waals surface area (Å²) in [5, 5.41) is 6.43. The topological polar surface area (TPSA) is 41.1 Å². The van der Waals surface area contributed by atoms with Crippen LogP contribution in [0, 0.1) is 0 Å². The molecule has 1 atom stereocenters. The Bertz CT molecular complexity index is 782. The summed E-state index contributed by atoms with van der Waals surface area (Å²) in [5.41, 5.74) is 3.10. The largest absolute Gasteiger partial charge is 0.324 e. The maximum Gasteiger partial charge on any atom is 0.246 e. The van der Waals surface area contributed by atoms with Crippen LogP contribution < -0.4 is 10.6 Å². The summed E-state index contributed by atoms with van der Waals surface area (Å²) in [5.74, 6) is -0.0244. The van der Waals surface area contributed by atoms with Crippen LogP contribution in [-0.4, -0.2) is 16.5 Å². The van der Waals surface area contributed by atoms with Gasteiger partial charge in [0.1, 0.15) is 6.04 Å². The summed E-state index contributed by atoms with van der Waals surface area (Å²) >= 11 is 0.0164. The van der Waals surface area contributed by atoms with Gasteiger partial charge >= 0.3 is 0 Å². The first kappa shape index (κ1) is 17.8. The molecule has 0 unspecified atom stereocenters. The first-order chi connectivity index (χ1) is 12.3. The zero-order chi connectivity index (χ0) is 17.3. The molecule has 3 rings (SSSR count). The molecule has 0 fully saturated rings. The Morgan fingerprint density at radius 3 is 2.40 bits per heavy atom. The maximum atomic E-state index is 12.8. The minimum atomic E-state index is -0.365. The maximum absolute atomic E-state index is 12.8. The number of hydrogen-bond donors (Lipinski definition) is 2. The first-order valence-electron chi connectivity index (χ1n) is 8.28. The fourth-order valence-corrected chi connectivity index (χ4v) is 4.05. The van der Waals surface area contributed by atoms with Crippen molar-refractivity contribution < 1.29 is 4.79 Å². The van der Waals surface area contributed by atoms with Gasteiger partial charge < -0.3 is 10.6 Å². The van der Waals surface area contributed by atoms with E-state index in [4.69, 9.17) is 0 Å². The summed E-state index contributed by atoms with van der Waals surface area (Å²) < 4.78 is 4.30. The number of benzene rings is 2. The molecule has 1 aliphatic rings. The molecule has 0 aliphatic carbocycles. The molecule has 2 N–H and O–H groups in total. The number of carbonyl (C=O) groups excluding carboxylic acids is 1. The van der Waals surface area contributed by atoms with Gasteiger partial charge in [0.05, 0.1) is 0 Å². The minimum absolute atomic E-state index is 0.0164. The molecular formula is C21H21IN2O. The lowest BCUT2D eigenvalue weighted by Crippen LogP contribution is -2.38.